The van der Waals surface area contributed by atoms with E-state index in [-0.39, 0.29) is 30.3 Å². The standard InChI is InChI=1S/C18H20FNO3S/c1-13-3-9-17(24-13)16(21)8-10-18(22)20(2)11-12-23-15-6-4-14(19)5-7-15/h3-7,9H,8,10-12H2,1-2H3. The average molecular weight is 349 g/mol. The van der Waals surface area contributed by atoms with Gasteiger partial charge in [-0.3, -0.25) is 9.59 Å². The molecule has 2 rings (SSSR count). The summed E-state index contributed by atoms with van der Waals surface area (Å²) in [6, 6.07) is 9.42. The van der Waals surface area contributed by atoms with Gasteiger partial charge in [-0.25, -0.2) is 4.39 Å². The minimum absolute atomic E-state index is 0.00240. The number of halogens is 1. The third-order valence-corrected chi connectivity index (χ3v) is 4.56. The topological polar surface area (TPSA) is 46.6 Å². The molecule has 24 heavy (non-hydrogen) atoms. The summed E-state index contributed by atoms with van der Waals surface area (Å²) in [7, 11) is 1.68. The van der Waals surface area contributed by atoms with Gasteiger partial charge in [-0.1, -0.05) is 0 Å². The third kappa shape index (κ3) is 5.45. The van der Waals surface area contributed by atoms with Crippen LogP contribution in [-0.2, 0) is 4.79 Å². The molecular weight excluding hydrogens is 329 g/mol. The number of hydrogen-bond acceptors (Lipinski definition) is 4. The van der Waals surface area contributed by atoms with E-state index in [1.807, 2.05) is 13.0 Å². The number of nitrogens with zero attached hydrogens (tertiary/aromatic N) is 1. The molecule has 1 heterocycles. The molecule has 0 aliphatic rings. The first-order chi connectivity index (χ1) is 11.5. The average Bonchev–Trinajstić information content (AvgIpc) is 3.00. The Hall–Kier alpha value is -2.21. The van der Waals surface area contributed by atoms with Gasteiger partial charge in [-0.2, -0.15) is 0 Å². The number of thiophene rings is 1. The van der Waals surface area contributed by atoms with Crippen molar-refractivity contribution in [3.05, 3.63) is 52.0 Å². The molecule has 0 bridgehead atoms. The number of ketones is 1. The van der Waals surface area contributed by atoms with Crippen molar-refractivity contribution >= 4 is 23.0 Å². The highest BCUT2D eigenvalue weighted by molar-refractivity contribution is 7.14. The van der Waals surface area contributed by atoms with Crippen molar-refractivity contribution in [2.45, 2.75) is 19.8 Å². The zero-order valence-corrected chi connectivity index (χ0v) is 14.6. The Morgan fingerprint density at radius 2 is 1.83 bits per heavy atom. The fraction of sp³-hybridized carbons (Fsp3) is 0.333. The molecular formula is C18H20FNO3S. The number of amides is 1. The summed E-state index contributed by atoms with van der Waals surface area (Å²) in [5, 5.41) is 0. The zero-order valence-electron chi connectivity index (χ0n) is 13.8. The van der Waals surface area contributed by atoms with E-state index in [0.29, 0.717) is 23.8 Å². The van der Waals surface area contributed by atoms with Gasteiger partial charge in [0.05, 0.1) is 11.4 Å². The first-order valence-corrected chi connectivity index (χ1v) is 8.49. The molecule has 0 spiro atoms. The normalized spacial score (nSPS) is 10.5. The van der Waals surface area contributed by atoms with Crippen LogP contribution in [0.2, 0.25) is 0 Å². The van der Waals surface area contributed by atoms with Gasteiger partial charge in [-0.15, -0.1) is 11.3 Å². The summed E-state index contributed by atoms with van der Waals surface area (Å²) in [6.45, 7) is 2.66. The van der Waals surface area contributed by atoms with Crippen LogP contribution in [0.4, 0.5) is 4.39 Å². The lowest BCUT2D eigenvalue weighted by Crippen LogP contribution is -2.31. The van der Waals surface area contributed by atoms with Crippen molar-refractivity contribution in [3.8, 4) is 5.75 Å². The SMILES string of the molecule is Cc1ccc(C(=O)CCC(=O)N(C)CCOc2ccc(F)cc2)s1. The maximum Gasteiger partial charge on any atom is 0.222 e. The Kier molecular flexibility index (Phi) is 6.49. The highest BCUT2D eigenvalue weighted by atomic mass is 32.1. The highest BCUT2D eigenvalue weighted by Crippen LogP contribution is 2.17. The first-order valence-electron chi connectivity index (χ1n) is 7.67. The predicted molar refractivity (Wildman–Crippen MR) is 92.2 cm³/mol. The molecule has 2 aromatic rings. The lowest BCUT2D eigenvalue weighted by molar-refractivity contribution is -0.130. The van der Waals surface area contributed by atoms with Crippen LogP contribution < -0.4 is 4.74 Å². The number of carbonyl (C=O) groups excluding carboxylic acids is 2. The van der Waals surface area contributed by atoms with Crippen molar-refractivity contribution in [2.24, 2.45) is 0 Å². The van der Waals surface area contributed by atoms with E-state index in [1.54, 1.807) is 25.2 Å². The summed E-state index contributed by atoms with van der Waals surface area (Å²) < 4.78 is 18.2. The number of ether oxygens (including phenoxy) is 1. The number of benzene rings is 1. The molecule has 0 unspecified atom stereocenters. The Balaban J connectivity index is 1.70. The molecule has 0 aliphatic carbocycles. The number of rotatable bonds is 8. The number of aryl methyl sites for hydroxylation is 1. The van der Waals surface area contributed by atoms with Gasteiger partial charge in [0, 0.05) is 24.8 Å². The summed E-state index contributed by atoms with van der Waals surface area (Å²) in [5.41, 5.74) is 0. The fourth-order valence-electron chi connectivity index (χ4n) is 2.07. The predicted octanol–water partition coefficient (Wildman–Crippen LogP) is 3.70. The smallest absolute Gasteiger partial charge is 0.222 e. The van der Waals surface area contributed by atoms with E-state index < -0.39 is 0 Å². The Morgan fingerprint density at radius 3 is 2.46 bits per heavy atom. The lowest BCUT2D eigenvalue weighted by atomic mass is 10.2. The molecule has 0 saturated carbocycles. The molecule has 1 aromatic carbocycles. The van der Waals surface area contributed by atoms with E-state index in [4.69, 9.17) is 4.74 Å². The molecule has 1 amide bonds. The number of hydrogen-bond donors (Lipinski definition) is 0. The highest BCUT2D eigenvalue weighted by Gasteiger charge is 2.14. The van der Waals surface area contributed by atoms with Gasteiger partial charge < -0.3 is 9.64 Å². The zero-order chi connectivity index (χ0) is 17.5. The Morgan fingerprint density at radius 1 is 1.12 bits per heavy atom. The van der Waals surface area contributed by atoms with Gasteiger partial charge in [0.15, 0.2) is 5.78 Å². The molecule has 128 valence electrons. The quantitative estimate of drug-likeness (QED) is 0.683. The second-order valence-corrected chi connectivity index (χ2v) is 6.74. The van der Waals surface area contributed by atoms with Crippen LogP contribution in [0.3, 0.4) is 0 Å². The molecule has 0 saturated heterocycles. The van der Waals surface area contributed by atoms with E-state index in [9.17, 15) is 14.0 Å². The van der Waals surface area contributed by atoms with Crippen molar-refractivity contribution in [1.82, 2.24) is 4.90 Å². The third-order valence-electron chi connectivity index (χ3n) is 3.52. The molecule has 0 N–H and O–H groups in total. The molecule has 0 radical (unpaired) electrons. The van der Waals surface area contributed by atoms with Gasteiger partial charge in [-0.05, 0) is 43.3 Å². The van der Waals surface area contributed by atoms with Crippen molar-refractivity contribution < 1.29 is 18.7 Å². The molecule has 6 heteroatoms. The second-order valence-electron chi connectivity index (χ2n) is 5.45. The molecule has 0 fully saturated rings. The minimum atomic E-state index is -0.319. The Bertz CT molecular complexity index is 697. The van der Waals surface area contributed by atoms with Crippen LogP contribution in [0.15, 0.2) is 36.4 Å². The molecule has 4 nitrogen and oxygen atoms in total. The maximum atomic E-state index is 12.8. The van der Waals surface area contributed by atoms with Gasteiger partial charge in [0.25, 0.3) is 0 Å². The molecule has 0 atom stereocenters. The second kappa shape index (κ2) is 8.59. The van der Waals surface area contributed by atoms with E-state index in [0.717, 1.165) is 4.88 Å². The summed E-state index contributed by atoms with van der Waals surface area (Å²) in [4.78, 5) is 27.4. The molecule has 0 aliphatic heterocycles. The van der Waals surface area contributed by atoms with Crippen LogP contribution in [-0.4, -0.2) is 36.8 Å². The number of likely N-dealkylation sites (N-methyl/N-ethyl adjacent to an activating group) is 1. The van der Waals surface area contributed by atoms with Gasteiger partial charge >= 0.3 is 0 Å². The van der Waals surface area contributed by atoms with Crippen LogP contribution in [0.5, 0.6) is 5.75 Å². The number of carbonyl (C=O) groups is 2. The Labute approximate surface area is 144 Å². The van der Waals surface area contributed by atoms with Gasteiger partial charge in [0.2, 0.25) is 5.91 Å². The lowest BCUT2D eigenvalue weighted by Gasteiger charge is -2.17. The van der Waals surface area contributed by atoms with Crippen LogP contribution in [0.1, 0.15) is 27.4 Å². The largest absolute Gasteiger partial charge is 0.492 e. The fourth-order valence-corrected chi connectivity index (χ4v) is 2.91. The maximum absolute atomic E-state index is 12.8. The van der Waals surface area contributed by atoms with Crippen LogP contribution in [0, 0.1) is 12.7 Å². The summed E-state index contributed by atoms with van der Waals surface area (Å²) in [5.74, 6) is 0.137. The van der Waals surface area contributed by atoms with Crippen molar-refractivity contribution in [3.63, 3.8) is 0 Å². The van der Waals surface area contributed by atoms with Crippen molar-refractivity contribution in [2.75, 3.05) is 20.2 Å². The first kappa shape index (κ1) is 18.1. The van der Waals surface area contributed by atoms with E-state index in [2.05, 4.69) is 0 Å². The van der Waals surface area contributed by atoms with E-state index >= 15 is 0 Å². The van der Waals surface area contributed by atoms with Crippen molar-refractivity contribution in [1.29, 1.82) is 0 Å². The molecule has 1 aromatic heterocycles. The van der Waals surface area contributed by atoms with Crippen LogP contribution >= 0.6 is 11.3 Å². The van der Waals surface area contributed by atoms with E-state index in [1.165, 1.54) is 28.4 Å². The summed E-state index contributed by atoms with van der Waals surface area (Å²) >= 11 is 1.45. The minimum Gasteiger partial charge on any atom is -0.492 e. The summed E-state index contributed by atoms with van der Waals surface area (Å²) in [6.07, 6.45) is 0.394. The number of Topliss-reactive ketones (excluding diaryl/α,β-unsaturated/α-hetero) is 1. The van der Waals surface area contributed by atoms with Crippen LogP contribution in [0.25, 0.3) is 0 Å². The monoisotopic (exact) mass is 349 g/mol. The van der Waals surface area contributed by atoms with Gasteiger partial charge in [0.1, 0.15) is 18.2 Å².